The summed E-state index contributed by atoms with van der Waals surface area (Å²) >= 11 is 0. The van der Waals surface area contributed by atoms with E-state index in [0.29, 0.717) is 6.61 Å². The van der Waals surface area contributed by atoms with E-state index in [1.807, 2.05) is 0 Å². The van der Waals surface area contributed by atoms with Crippen LogP contribution in [-0.4, -0.2) is 25.0 Å². The Balaban J connectivity index is 4.16. The third-order valence-electron chi connectivity index (χ3n) is 1.25. The van der Waals surface area contributed by atoms with E-state index in [-0.39, 0.29) is 12.2 Å². The van der Waals surface area contributed by atoms with E-state index in [9.17, 15) is 9.59 Å². The molecule has 0 aromatic carbocycles. The van der Waals surface area contributed by atoms with Gasteiger partial charge in [-0.15, -0.1) is 0 Å². The van der Waals surface area contributed by atoms with E-state index in [0.717, 1.165) is 0 Å². The molecule has 4 heteroatoms. The summed E-state index contributed by atoms with van der Waals surface area (Å²) in [5.41, 5.74) is 0.250. The molecule has 0 spiro atoms. The van der Waals surface area contributed by atoms with Crippen molar-refractivity contribution in [1.82, 2.24) is 0 Å². The Morgan fingerprint density at radius 2 is 1.85 bits per heavy atom. The maximum atomic E-state index is 11.1. The van der Waals surface area contributed by atoms with Gasteiger partial charge in [0.15, 0.2) is 0 Å². The highest BCUT2D eigenvalue weighted by Gasteiger charge is 2.16. The molecular formula is C9H14O4. The molecule has 0 aliphatic rings. The van der Waals surface area contributed by atoms with Crippen LogP contribution in [0.15, 0.2) is 11.8 Å². The van der Waals surface area contributed by atoms with Crippen LogP contribution in [0.5, 0.6) is 0 Å². The predicted molar refractivity (Wildman–Crippen MR) is 47.0 cm³/mol. The van der Waals surface area contributed by atoms with Crippen molar-refractivity contribution in [2.45, 2.75) is 20.8 Å². The fraction of sp³-hybridized carbons (Fsp3) is 0.556. The summed E-state index contributed by atoms with van der Waals surface area (Å²) in [5, 5.41) is 0. The predicted octanol–water partition coefficient (Wildman–Crippen LogP) is 1.06. The van der Waals surface area contributed by atoms with Crippen molar-refractivity contribution in [2.24, 2.45) is 0 Å². The van der Waals surface area contributed by atoms with E-state index in [1.165, 1.54) is 13.2 Å². The van der Waals surface area contributed by atoms with Crippen LogP contribution in [0.25, 0.3) is 0 Å². The molecule has 0 atom stereocenters. The van der Waals surface area contributed by atoms with Gasteiger partial charge < -0.3 is 9.47 Å². The molecule has 0 aromatic rings. The van der Waals surface area contributed by atoms with Crippen molar-refractivity contribution in [3.8, 4) is 0 Å². The maximum absolute atomic E-state index is 11.1. The zero-order chi connectivity index (χ0) is 10.3. The van der Waals surface area contributed by atoms with Crippen molar-refractivity contribution in [3.63, 3.8) is 0 Å². The average molecular weight is 186 g/mol. The van der Waals surface area contributed by atoms with Crippen molar-refractivity contribution in [3.05, 3.63) is 11.8 Å². The number of hydrogen-bond donors (Lipinski definition) is 0. The zero-order valence-corrected chi connectivity index (χ0v) is 8.12. The number of hydrogen-bond acceptors (Lipinski definition) is 4. The summed E-state index contributed by atoms with van der Waals surface area (Å²) in [4.78, 5) is 22.0. The Hall–Kier alpha value is -1.32. The monoisotopic (exact) mass is 186 g/mol. The summed E-state index contributed by atoms with van der Waals surface area (Å²) in [7, 11) is 0. The van der Waals surface area contributed by atoms with Crippen LogP contribution in [0.1, 0.15) is 20.8 Å². The molecule has 0 aliphatic heterocycles. The van der Waals surface area contributed by atoms with Crippen LogP contribution < -0.4 is 0 Å². The van der Waals surface area contributed by atoms with Gasteiger partial charge in [-0.25, -0.2) is 4.79 Å². The maximum Gasteiger partial charge on any atom is 0.379 e. The minimum absolute atomic E-state index is 0.201. The molecule has 0 saturated carbocycles. The van der Waals surface area contributed by atoms with Crippen LogP contribution in [0.4, 0.5) is 0 Å². The van der Waals surface area contributed by atoms with Gasteiger partial charge >= 0.3 is 5.97 Å². The minimum Gasteiger partial charge on any atom is -0.501 e. The topological polar surface area (TPSA) is 52.6 Å². The first kappa shape index (κ1) is 11.7. The van der Waals surface area contributed by atoms with Crippen molar-refractivity contribution >= 4 is 11.8 Å². The Kier molecular flexibility index (Phi) is 5.59. The number of ketones is 1. The van der Waals surface area contributed by atoms with E-state index in [1.54, 1.807) is 13.8 Å². The lowest BCUT2D eigenvalue weighted by Crippen LogP contribution is -2.18. The summed E-state index contributed by atoms with van der Waals surface area (Å²) in [6.45, 7) is 5.61. The first-order valence-corrected chi connectivity index (χ1v) is 4.13. The lowest BCUT2D eigenvalue weighted by Gasteiger charge is -2.00. The summed E-state index contributed by atoms with van der Waals surface area (Å²) in [6.07, 6.45) is 1.26. The van der Waals surface area contributed by atoms with Gasteiger partial charge in [0.1, 0.15) is 0 Å². The minimum atomic E-state index is -0.837. The fourth-order valence-corrected chi connectivity index (χ4v) is 0.619. The van der Waals surface area contributed by atoms with Crippen molar-refractivity contribution < 1.29 is 19.1 Å². The molecule has 13 heavy (non-hydrogen) atoms. The van der Waals surface area contributed by atoms with Crippen LogP contribution in [0.3, 0.4) is 0 Å². The Bertz CT molecular complexity index is 218. The molecule has 0 N–H and O–H groups in total. The molecule has 0 rings (SSSR count). The second-order valence-electron chi connectivity index (χ2n) is 2.31. The molecular weight excluding hydrogens is 172 g/mol. The SMILES string of the molecule is CCO/C=C(/C)C(=O)C(=O)OCC. The van der Waals surface area contributed by atoms with Gasteiger partial charge in [0.25, 0.3) is 5.78 Å². The summed E-state index contributed by atoms with van der Waals surface area (Å²) < 4.78 is 9.37. The number of Topliss-reactive ketones (excluding diaryl/α,β-unsaturated/α-hetero) is 1. The molecule has 0 bridgehead atoms. The van der Waals surface area contributed by atoms with Crippen LogP contribution in [0.2, 0.25) is 0 Å². The third kappa shape index (κ3) is 4.30. The van der Waals surface area contributed by atoms with Crippen LogP contribution in [0, 0.1) is 0 Å². The quantitative estimate of drug-likeness (QED) is 0.279. The molecule has 0 radical (unpaired) electrons. The molecule has 0 aromatic heterocycles. The Labute approximate surface area is 77.5 Å². The second kappa shape index (κ2) is 6.22. The molecule has 74 valence electrons. The number of carbonyl (C=O) groups excluding carboxylic acids is 2. The van der Waals surface area contributed by atoms with Crippen LogP contribution in [-0.2, 0) is 19.1 Å². The number of rotatable bonds is 5. The highest BCUT2D eigenvalue weighted by Crippen LogP contribution is 1.97. The Morgan fingerprint density at radius 1 is 1.23 bits per heavy atom. The number of ether oxygens (including phenoxy) is 2. The molecule has 0 heterocycles. The van der Waals surface area contributed by atoms with E-state index < -0.39 is 11.8 Å². The smallest absolute Gasteiger partial charge is 0.379 e. The highest BCUT2D eigenvalue weighted by molar-refractivity contribution is 6.40. The van der Waals surface area contributed by atoms with E-state index in [4.69, 9.17) is 4.74 Å². The van der Waals surface area contributed by atoms with Crippen molar-refractivity contribution in [2.75, 3.05) is 13.2 Å². The zero-order valence-electron chi connectivity index (χ0n) is 8.12. The van der Waals surface area contributed by atoms with Crippen molar-refractivity contribution in [1.29, 1.82) is 0 Å². The number of carbonyl (C=O) groups is 2. The van der Waals surface area contributed by atoms with Gasteiger partial charge in [0.05, 0.1) is 19.5 Å². The first-order chi connectivity index (χ1) is 6.13. The average Bonchev–Trinajstić information content (AvgIpc) is 2.13. The van der Waals surface area contributed by atoms with Gasteiger partial charge in [-0.2, -0.15) is 0 Å². The van der Waals surface area contributed by atoms with Gasteiger partial charge in [-0.3, -0.25) is 4.79 Å². The van der Waals surface area contributed by atoms with Gasteiger partial charge in [-0.05, 0) is 20.8 Å². The standard InChI is InChI=1S/C9H14O4/c1-4-12-6-7(3)8(10)9(11)13-5-2/h6H,4-5H2,1-3H3/b7-6-. The van der Waals surface area contributed by atoms with Gasteiger partial charge in [0, 0.05) is 5.57 Å². The van der Waals surface area contributed by atoms with Gasteiger partial charge in [-0.1, -0.05) is 0 Å². The van der Waals surface area contributed by atoms with Gasteiger partial charge in [0.2, 0.25) is 0 Å². The normalized spacial score (nSPS) is 10.8. The molecule has 0 saturated heterocycles. The fourth-order valence-electron chi connectivity index (χ4n) is 0.619. The second-order valence-corrected chi connectivity index (χ2v) is 2.31. The molecule has 0 aliphatic carbocycles. The summed E-state index contributed by atoms with van der Waals surface area (Å²) in [5.74, 6) is -1.49. The first-order valence-electron chi connectivity index (χ1n) is 4.13. The molecule has 0 amide bonds. The highest BCUT2D eigenvalue weighted by atomic mass is 16.5. The lowest BCUT2D eigenvalue weighted by molar-refractivity contribution is -0.151. The van der Waals surface area contributed by atoms with E-state index in [2.05, 4.69) is 4.74 Å². The Morgan fingerprint density at radius 3 is 2.31 bits per heavy atom. The number of esters is 1. The van der Waals surface area contributed by atoms with Crippen LogP contribution >= 0.6 is 0 Å². The van der Waals surface area contributed by atoms with E-state index >= 15 is 0 Å². The third-order valence-corrected chi connectivity index (χ3v) is 1.25. The molecule has 0 unspecified atom stereocenters. The molecule has 0 fully saturated rings. The summed E-state index contributed by atoms with van der Waals surface area (Å²) in [6, 6.07) is 0. The largest absolute Gasteiger partial charge is 0.501 e. The molecule has 4 nitrogen and oxygen atoms in total. The lowest BCUT2D eigenvalue weighted by atomic mass is 10.2.